The summed E-state index contributed by atoms with van der Waals surface area (Å²) in [6.07, 6.45) is -1.43. The summed E-state index contributed by atoms with van der Waals surface area (Å²) < 4.78 is 40.4. The molecule has 4 nitrogen and oxygen atoms in total. The molecule has 2 aromatic rings. The van der Waals surface area contributed by atoms with Crippen molar-refractivity contribution in [3.63, 3.8) is 0 Å². The maximum Gasteiger partial charge on any atom is 0.280 e. The van der Waals surface area contributed by atoms with Crippen LogP contribution in [-0.4, -0.2) is 27.0 Å². The fraction of sp³-hybridized carbons (Fsp3) is 0.500. The SMILES string of the molecule is Cc1ccc(C(C)(C)C)c(CN(C(=O)c2c(F)n[nH]c2C(F)F)C2CC2)c1. The van der Waals surface area contributed by atoms with Crippen LogP contribution < -0.4 is 0 Å². The predicted molar refractivity (Wildman–Crippen MR) is 96.3 cm³/mol. The lowest BCUT2D eigenvalue weighted by Crippen LogP contribution is -2.34. The number of aromatic amines is 1. The third-order valence-electron chi connectivity index (χ3n) is 4.84. The summed E-state index contributed by atoms with van der Waals surface area (Å²) in [6, 6.07) is 5.98. The smallest absolute Gasteiger partial charge is 0.280 e. The van der Waals surface area contributed by atoms with Gasteiger partial charge in [-0.25, -0.2) is 8.78 Å². The normalized spacial score (nSPS) is 14.7. The summed E-state index contributed by atoms with van der Waals surface area (Å²) in [5.74, 6) is -1.92. The van der Waals surface area contributed by atoms with E-state index in [0.717, 1.165) is 29.5 Å². The molecule has 146 valence electrons. The Labute approximate surface area is 156 Å². The molecular weight excluding hydrogens is 355 g/mol. The number of carbonyl (C=O) groups is 1. The first kappa shape index (κ1) is 19.5. The van der Waals surface area contributed by atoms with E-state index in [0.29, 0.717) is 0 Å². The van der Waals surface area contributed by atoms with Gasteiger partial charge in [-0.15, -0.1) is 5.10 Å². The Morgan fingerprint density at radius 2 is 2.00 bits per heavy atom. The molecular formula is C20H24F3N3O. The first-order valence-corrected chi connectivity index (χ1v) is 9.02. The Kier molecular flexibility index (Phi) is 5.06. The van der Waals surface area contributed by atoms with Crippen molar-refractivity contribution >= 4 is 5.91 Å². The highest BCUT2D eigenvalue weighted by atomic mass is 19.3. The summed E-state index contributed by atoms with van der Waals surface area (Å²) in [7, 11) is 0. The summed E-state index contributed by atoms with van der Waals surface area (Å²) >= 11 is 0. The van der Waals surface area contributed by atoms with E-state index in [1.165, 1.54) is 4.90 Å². The molecule has 0 radical (unpaired) electrons. The van der Waals surface area contributed by atoms with Crippen LogP contribution in [0.5, 0.6) is 0 Å². The van der Waals surface area contributed by atoms with Crippen LogP contribution in [0.1, 0.15) is 72.8 Å². The second-order valence-electron chi connectivity index (χ2n) is 8.18. The summed E-state index contributed by atoms with van der Waals surface area (Å²) in [4.78, 5) is 14.5. The number of amides is 1. The minimum atomic E-state index is -2.99. The Bertz CT molecular complexity index is 851. The number of nitrogens with one attached hydrogen (secondary N) is 1. The zero-order valence-electron chi connectivity index (χ0n) is 15.9. The van der Waals surface area contributed by atoms with Crippen LogP contribution >= 0.6 is 0 Å². The van der Waals surface area contributed by atoms with Gasteiger partial charge in [0.2, 0.25) is 5.95 Å². The molecule has 7 heteroatoms. The maximum absolute atomic E-state index is 14.0. The molecule has 1 heterocycles. The van der Waals surface area contributed by atoms with Crippen molar-refractivity contribution in [1.29, 1.82) is 0 Å². The molecule has 0 unspecified atom stereocenters. The topological polar surface area (TPSA) is 49.0 Å². The van der Waals surface area contributed by atoms with E-state index in [-0.39, 0.29) is 18.0 Å². The van der Waals surface area contributed by atoms with Gasteiger partial charge in [0.05, 0.1) is 0 Å². The highest BCUT2D eigenvalue weighted by Gasteiger charge is 2.38. The standard InChI is InChI=1S/C20H24F3N3O/c1-11-5-8-14(20(2,3)4)12(9-11)10-26(13-6-7-13)19(27)15-16(17(21)22)24-25-18(15)23/h5,8-9,13,17H,6-7,10H2,1-4H3,(H,24,25). The van der Waals surface area contributed by atoms with Crippen LogP contribution in [0.4, 0.5) is 13.2 Å². The number of aryl methyl sites for hydroxylation is 1. The van der Waals surface area contributed by atoms with Gasteiger partial charge in [0.1, 0.15) is 11.3 Å². The molecule has 1 aromatic heterocycles. The zero-order valence-corrected chi connectivity index (χ0v) is 15.9. The molecule has 1 saturated carbocycles. The molecule has 0 bridgehead atoms. The highest BCUT2D eigenvalue weighted by molar-refractivity contribution is 5.95. The van der Waals surface area contributed by atoms with Gasteiger partial charge in [-0.2, -0.15) is 4.39 Å². The number of nitrogens with zero attached hydrogens (tertiary/aromatic N) is 2. The van der Waals surface area contributed by atoms with Crippen LogP contribution in [0.3, 0.4) is 0 Å². The number of H-pyrrole nitrogens is 1. The van der Waals surface area contributed by atoms with Crippen molar-refractivity contribution in [2.75, 3.05) is 0 Å². The van der Waals surface area contributed by atoms with Gasteiger partial charge in [0.15, 0.2) is 0 Å². The Morgan fingerprint density at radius 1 is 1.33 bits per heavy atom. The molecule has 1 N–H and O–H groups in total. The monoisotopic (exact) mass is 379 g/mol. The lowest BCUT2D eigenvalue weighted by Gasteiger charge is -2.28. The van der Waals surface area contributed by atoms with Gasteiger partial charge in [0.25, 0.3) is 12.3 Å². The first-order valence-electron chi connectivity index (χ1n) is 9.02. The third kappa shape index (κ3) is 4.01. The van der Waals surface area contributed by atoms with Gasteiger partial charge in [-0.1, -0.05) is 44.5 Å². The van der Waals surface area contributed by atoms with E-state index >= 15 is 0 Å². The van der Waals surface area contributed by atoms with E-state index in [2.05, 4.69) is 25.9 Å². The van der Waals surface area contributed by atoms with Gasteiger partial charge in [-0.05, 0) is 36.3 Å². The van der Waals surface area contributed by atoms with Crippen molar-refractivity contribution in [2.45, 2.75) is 65.0 Å². The second kappa shape index (κ2) is 7.02. The van der Waals surface area contributed by atoms with Crippen molar-refractivity contribution in [3.05, 3.63) is 52.1 Å². The Balaban J connectivity index is 1.99. The fourth-order valence-electron chi connectivity index (χ4n) is 3.36. The zero-order chi connectivity index (χ0) is 19.9. The summed E-state index contributed by atoms with van der Waals surface area (Å²) in [6.45, 7) is 8.45. The number of benzene rings is 1. The average Bonchev–Trinajstić information content (AvgIpc) is 3.32. The van der Waals surface area contributed by atoms with Crippen molar-refractivity contribution < 1.29 is 18.0 Å². The van der Waals surface area contributed by atoms with Gasteiger partial charge in [-0.3, -0.25) is 9.89 Å². The van der Waals surface area contributed by atoms with Crippen LogP contribution in [0.25, 0.3) is 0 Å². The second-order valence-corrected chi connectivity index (χ2v) is 8.18. The molecule has 0 spiro atoms. The quantitative estimate of drug-likeness (QED) is 0.803. The van der Waals surface area contributed by atoms with Gasteiger partial charge in [0, 0.05) is 12.6 Å². The lowest BCUT2D eigenvalue weighted by atomic mass is 9.83. The average molecular weight is 379 g/mol. The van der Waals surface area contributed by atoms with E-state index in [1.807, 2.05) is 30.2 Å². The van der Waals surface area contributed by atoms with Gasteiger partial charge < -0.3 is 4.90 Å². The number of alkyl halides is 2. The molecule has 0 aliphatic heterocycles. The van der Waals surface area contributed by atoms with Crippen LogP contribution in [-0.2, 0) is 12.0 Å². The number of hydrogen-bond acceptors (Lipinski definition) is 2. The lowest BCUT2D eigenvalue weighted by molar-refractivity contribution is 0.0711. The third-order valence-corrected chi connectivity index (χ3v) is 4.84. The minimum Gasteiger partial charge on any atom is -0.331 e. The Hall–Kier alpha value is -2.31. The van der Waals surface area contributed by atoms with E-state index in [4.69, 9.17) is 0 Å². The largest absolute Gasteiger partial charge is 0.331 e. The molecule has 1 fully saturated rings. The highest BCUT2D eigenvalue weighted by Crippen LogP contribution is 2.34. The van der Waals surface area contributed by atoms with E-state index in [1.54, 1.807) is 0 Å². The molecule has 1 amide bonds. The van der Waals surface area contributed by atoms with E-state index in [9.17, 15) is 18.0 Å². The molecule has 0 saturated heterocycles. The van der Waals surface area contributed by atoms with E-state index < -0.39 is 29.5 Å². The fourth-order valence-corrected chi connectivity index (χ4v) is 3.36. The maximum atomic E-state index is 14.0. The number of hydrogen-bond donors (Lipinski definition) is 1. The summed E-state index contributed by atoms with van der Waals surface area (Å²) in [5, 5.41) is 5.13. The number of halogens is 3. The molecule has 1 aromatic carbocycles. The van der Waals surface area contributed by atoms with Crippen molar-refractivity contribution in [2.24, 2.45) is 0 Å². The number of carbonyl (C=O) groups excluding carboxylic acids is 1. The van der Waals surface area contributed by atoms with Crippen LogP contribution in [0, 0.1) is 12.9 Å². The van der Waals surface area contributed by atoms with Crippen LogP contribution in [0.15, 0.2) is 18.2 Å². The number of aromatic nitrogens is 2. The molecule has 27 heavy (non-hydrogen) atoms. The minimum absolute atomic E-state index is 0.0642. The molecule has 0 atom stereocenters. The van der Waals surface area contributed by atoms with Crippen LogP contribution in [0.2, 0.25) is 0 Å². The Morgan fingerprint density at radius 3 is 2.56 bits per heavy atom. The van der Waals surface area contributed by atoms with Crippen molar-refractivity contribution in [1.82, 2.24) is 15.1 Å². The first-order chi connectivity index (χ1) is 12.6. The molecule has 3 rings (SSSR count). The van der Waals surface area contributed by atoms with Crippen molar-refractivity contribution in [3.8, 4) is 0 Å². The molecule has 1 aliphatic carbocycles. The van der Waals surface area contributed by atoms with Gasteiger partial charge >= 0.3 is 0 Å². The summed E-state index contributed by atoms with van der Waals surface area (Å²) in [5.41, 5.74) is 1.52. The number of rotatable bonds is 5. The predicted octanol–water partition coefficient (Wildman–Crippen LogP) is 4.90. The molecule has 1 aliphatic rings.